The van der Waals surface area contributed by atoms with Gasteiger partial charge >= 0.3 is 0 Å². The summed E-state index contributed by atoms with van der Waals surface area (Å²) in [4.78, 5) is 4.45. The van der Waals surface area contributed by atoms with Crippen molar-refractivity contribution in [2.24, 2.45) is 0 Å². The van der Waals surface area contributed by atoms with Gasteiger partial charge in [-0.1, -0.05) is 44.4 Å². The summed E-state index contributed by atoms with van der Waals surface area (Å²) in [5.41, 5.74) is 0. The second kappa shape index (κ2) is 15.5. The highest BCUT2D eigenvalue weighted by Gasteiger charge is 2.03. The van der Waals surface area contributed by atoms with Crippen LogP contribution in [0.15, 0.2) is 12.4 Å². The zero-order chi connectivity index (χ0) is 18.7. The second-order valence-corrected chi connectivity index (χ2v) is 5.88. The van der Waals surface area contributed by atoms with Crippen molar-refractivity contribution in [2.75, 3.05) is 0 Å². The van der Waals surface area contributed by atoms with E-state index >= 15 is 0 Å². The summed E-state index contributed by atoms with van der Waals surface area (Å²) in [5.74, 6) is 23.3. The van der Waals surface area contributed by atoms with Crippen LogP contribution in [0.5, 0.6) is 0 Å². The van der Waals surface area contributed by atoms with Crippen LogP contribution >= 0.6 is 0 Å². The predicted octanol–water partition coefficient (Wildman–Crippen LogP) is 4.21. The molecule has 1 aromatic heterocycles. The summed E-state index contributed by atoms with van der Waals surface area (Å²) in [6.07, 6.45) is 21.2. The maximum absolute atomic E-state index is 4.84. The van der Waals surface area contributed by atoms with Crippen LogP contribution in [0.4, 0.5) is 0 Å². The average molecular weight is 342 g/mol. The maximum atomic E-state index is 4.84. The molecule has 2 nitrogen and oxygen atoms in total. The fourth-order valence-corrected chi connectivity index (χ4v) is 2.65. The minimum Gasteiger partial charge on any atom is -0.335 e. The van der Waals surface area contributed by atoms with E-state index in [9.17, 15) is 0 Å². The molecule has 0 radical (unpaired) electrons. The zero-order valence-electron chi connectivity index (χ0n) is 15.7. The van der Waals surface area contributed by atoms with Crippen molar-refractivity contribution >= 4 is 0 Å². The third-order valence-corrected chi connectivity index (χ3v) is 3.92. The third-order valence-electron chi connectivity index (χ3n) is 3.92. The van der Waals surface area contributed by atoms with Crippen molar-refractivity contribution in [3.63, 3.8) is 0 Å². The minimum absolute atomic E-state index is 1.17. The van der Waals surface area contributed by atoms with E-state index in [1.807, 2.05) is 6.20 Å². The number of imidazole rings is 1. The lowest BCUT2D eigenvalue weighted by molar-refractivity contribution is 0.511. The summed E-state index contributed by atoms with van der Waals surface area (Å²) >= 11 is 0. The van der Waals surface area contributed by atoms with Gasteiger partial charge in [0.15, 0.2) is 0 Å². The van der Waals surface area contributed by atoms with Crippen LogP contribution in [0.3, 0.4) is 0 Å². The Morgan fingerprint density at radius 2 is 1.38 bits per heavy atom. The van der Waals surface area contributed by atoms with Gasteiger partial charge in [-0.2, -0.15) is 0 Å². The van der Waals surface area contributed by atoms with Crippen LogP contribution in [0.25, 0.3) is 0 Å². The first-order valence-corrected chi connectivity index (χ1v) is 9.26. The summed E-state index contributed by atoms with van der Waals surface area (Å²) in [6.45, 7) is 2.88. The number of fused-ring (bicyclic) bond motifs is 1. The first-order chi connectivity index (χ1) is 12.9. The van der Waals surface area contributed by atoms with Crippen molar-refractivity contribution in [2.45, 2.75) is 71.3 Å². The van der Waals surface area contributed by atoms with Gasteiger partial charge in [-0.15, -0.1) is 6.42 Å². The molecule has 0 aliphatic carbocycles. The monoisotopic (exact) mass is 342 g/mol. The molecular weight excluding hydrogens is 316 g/mol. The molecule has 1 aliphatic heterocycles. The molecule has 0 saturated heterocycles. The van der Waals surface area contributed by atoms with Gasteiger partial charge in [0.05, 0.1) is 0 Å². The van der Waals surface area contributed by atoms with Gasteiger partial charge in [-0.3, -0.25) is 0 Å². The number of nitrogens with zero attached hydrogens (tertiary/aromatic N) is 2. The normalized spacial score (nSPS) is 13.1. The van der Waals surface area contributed by atoms with E-state index in [4.69, 9.17) is 6.42 Å². The smallest absolute Gasteiger partial charge is 0.108 e. The van der Waals surface area contributed by atoms with Crippen molar-refractivity contribution in [1.82, 2.24) is 9.55 Å². The van der Waals surface area contributed by atoms with Gasteiger partial charge in [0, 0.05) is 25.4 Å². The van der Waals surface area contributed by atoms with Gasteiger partial charge < -0.3 is 4.57 Å². The van der Waals surface area contributed by atoms with E-state index in [-0.39, 0.29) is 0 Å². The highest BCUT2D eigenvalue weighted by atomic mass is 15.1. The van der Waals surface area contributed by atoms with E-state index in [0.29, 0.717) is 0 Å². The first kappa shape index (κ1) is 21.1. The highest BCUT2D eigenvalue weighted by Crippen LogP contribution is 2.13. The Morgan fingerprint density at radius 3 is 2.04 bits per heavy atom. The van der Waals surface area contributed by atoms with Gasteiger partial charge in [0.1, 0.15) is 5.82 Å². The molecule has 0 saturated carbocycles. The molecule has 0 spiro atoms. The number of terminal acetylenes is 1. The van der Waals surface area contributed by atoms with Gasteiger partial charge in [0.2, 0.25) is 0 Å². The summed E-state index contributed by atoms with van der Waals surface area (Å²) in [6, 6.07) is 0. The molecule has 0 fully saturated rings. The first-order valence-electron chi connectivity index (χ1n) is 9.26. The van der Waals surface area contributed by atoms with Gasteiger partial charge in [-0.05, 0) is 67.1 Å². The van der Waals surface area contributed by atoms with Crippen molar-refractivity contribution in [3.8, 4) is 59.7 Å². The number of hydrogen-bond donors (Lipinski definition) is 0. The van der Waals surface area contributed by atoms with Crippen molar-refractivity contribution in [3.05, 3.63) is 18.2 Å². The van der Waals surface area contributed by atoms with Crippen LogP contribution < -0.4 is 0 Å². The zero-order valence-corrected chi connectivity index (χ0v) is 15.7. The molecule has 0 N–H and O–H groups in total. The fourth-order valence-electron chi connectivity index (χ4n) is 2.65. The molecule has 2 heterocycles. The maximum Gasteiger partial charge on any atom is 0.108 e. The number of aromatic nitrogens is 2. The third kappa shape index (κ3) is 10.7. The summed E-state index contributed by atoms with van der Waals surface area (Å²) in [5, 5.41) is 0. The van der Waals surface area contributed by atoms with Gasteiger partial charge in [0.25, 0.3) is 0 Å². The van der Waals surface area contributed by atoms with Crippen LogP contribution in [-0.4, -0.2) is 9.55 Å². The standard InChI is InChI=1S/C13H22N2.C11H4/c1-2-4-6-8-11-15-12-10-14-13(15)9-7-5-3-1;1-3-5-7-9-11-10-8-6-4-2/h10,12H,1-9,11H2;1H,2H3. The Morgan fingerprint density at radius 1 is 0.808 bits per heavy atom. The number of hydrogen-bond acceptors (Lipinski definition) is 1. The van der Waals surface area contributed by atoms with Crippen LogP contribution in [0.1, 0.15) is 64.1 Å². The largest absolute Gasteiger partial charge is 0.335 e. The molecule has 0 unspecified atom stereocenters. The van der Waals surface area contributed by atoms with Crippen molar-refractivity contribution < 1.29 is 0 Å². The van der Waals surface area contributed by atoms with Gasteiger partial charge in [-0.25, -0.2) is 4.98 Å². The molecule has 2 rings (SSSR count). The molecule has 1 aliphatic rings. The lowest BCUT2D eigenvalue weighted by atomic mass is 10.1. The van der Waals surface area contributed by atoms with Crippen LogP contribution in [0, 0.1) is 59.7 Å². The number of rotatable bonds is 0. The van der Waals surface area contributed by atoms with E-state index in [2.05, 4.69) is 69.0 Å². The lowest BCUT2D eigenvalue weighted by Crippen LogP contribution is -2.04. The summed E-state index contributed by atoms with van der Waals surface area (Å²) in [7, 11) is 0. The van der Waals surface area contributed by atoms with E-state index in [1.165, 1.54) is 70.2 Å². The van der Waals surface area contributed by atoms with E-state index in [1.54, 1.807) is 6.92 Å². The Kier molecular flexibility index (Phi) is 12.6. The highest BCUT2D eigenvalue weighted by molar-refractivity contribution is 5.41. The minimum atomic E-state index is 1.17. The SMILES string of the molecule is C#CC#CC#CC#CC#CC.c1cn2c(n1)CCCCCCCCCC2. The Hall–Kier alpha value is -2.99. The average Bonchev–Trinajstić information content (AvgIpc) is 3.09. The van der Waals surface area contributed by atoms with Crippen LogP contribution in [0.2, 0.25) is 0 Å². The molecule has 2 heteroatoms. The Bertz CT molecular complexity index is 778. The van der Waals surface area contributed by atoms with E-state index < -0.39 is 0 Å². The lowest BCUT2D eigenvalue weighted by Gasteiger charge is -2.09. The topological polar surface area (TPSA) is 17.8 Å². The molecule has 0 aromatic carbocycles. The molecule has 26 heavy (non-hydrogen) atoms. The molecule has 0 amide bonds. The van der Waals surface area contributed by atoms with Crippen LogP contribution in [-0.2, 0) is 13.0 Å². The quantitative estimate of drug-likeness (QED) is 0.646. The Labute approximate surface area is 159 Å². The van der Waals surface area contributed by atoms with Crippen molar-refractivity contribution in [1.29, 1.82) is 0 Å². The fraction of sp³-hybridized carbons (Fsp3) is 0.458. The number of aryl methyl sites for hydroxylation is 2. The summed E-state index contributed by atoms with van der Waals surface area (Å²) < 4.78 is 2.35. The molecule has 132 valence electrons. The molecular formula is C24H26N2. The Balaban J connectivity index is 0.000000276. The predicted molar refractivity (Wildman–Crippen MR) is 108 cm³/mol. The van der Waals surface area contributed by atoms with E-state index in [0.717, 1.165) is 0 Å². The molecule has 1 aromatic rings. The molecule has 0 atom stereocenters. The molecule has 0 bridgehead atoms. The second-order valence-electron chi connectivity index (χ2n) is 5.88.